The first-order valence-corrected chi connectivity index (χ1v) is 5.58. The third-order valence-electron chi connectivity index (χ3n) is 2.58. The minimum atomic E-state index is -0.839. The van der Waals surface area contributed by atoms with E-state index in [0.29, 0.717) is 0 Å². The molecule has 2 aromatic heterocycles. The van der Waals surface area contributed by atoms with Gasteiger partial charge in [-0.25, -0.2) is 0 Å². The summed E-state index contributed by atoms with van der Waals surface area (Å²) in [6.45, 7) is -0.0254. The number of benzene rings is 1. The maximum absolute atomic E-state index is 10.8. The number of carboxylic acid groups (broad SMARTS) is 1. The van der Waals surface area contributed by atoms with Gasteiger partial charge in [0.2, 0.25) is 0 Å². The van der Waals surface area contributed by atoms with E-state index in [1.807, 2.05) is 24.3 Å². The Balaban J connectivity index is 2.42. The van der Waals surface area contributed by atoms with Gasteiger partial charge in [-0.1, -0.05) is 18.2 Å². The van der Waals surface area contributed by atoms with Crippen LogP contribution in [0, 0.1) is 0 Å². The van der Waals surface area contributed by atoms with Crippen molar-refractivity contribution in [2.45, 2.75) is 6.54 Å². The number of rotatable bonds is 2. The second-order valence-electron chi connectivity index (χ2n) is 3.54. The minimum Gasteiger partial charge on any atom is -0.480 e. The molecule has 0 saturated carbocycles. The van der Waals surface area contributed by atoms with Gasteiger partial charge >= 0.3 is 5.97 Å². The molecule has 80 valence electrons. The van der Waals surface area contributed by atoms with E-state index < -0.39 is 5.97 Å². The Morgan fingerprint density at radius 3 is 3.00 bits per heavy atom. The van der Waals surface area contributed by atoms with Crippen LogP contribution >= 0.6 is 11.5 Å². The van der Waals surface area contributed by atoms with Crippen molar-refractivity contribution in [3.8, 4) is 0 Å². The van der Waals surface area contributed by atoms with E-state index in [-0.39, 0.29) is 6.54 Å². The van der Waals surface area contributed by atoms with Gasteiger partial charge in [0.25, 0.3) is 0 Å². The number of carboxylic acids is 1. The van der Waals surface area contributed by atoms with Gasteiger partial charge in [-0.05, 0) is 17.6 Å². The fourth-order valence-electron chi connectivity index (χ4n) is 1.95. The van der Waals surface area contributed by atoms with Gasteiger partial charge in [-0.15, -0.1) is 0 Å². The highest BCUT2D eigenvalue weighted by Gasteiger charge is 2.13. The molecule has 4 nitrogen and oxygen atoms in total. The first-order chi connectivity index (χ1) is 7.77. The highest BCUT2D eigenvalue weighted by Crippen LogP contribution is 2.31. The molecule has 0 spiro atoms. The molecule has 0 unspecified atom stereocenters. The lowest BCUT2D eigenvalue weighted by atomic mass is 10.2. The molecular weight excluding hydrogens is 224 g/mol. The smallest absolute Gasteiger partial charge is 0.323 e. The van der Waals surface area contributed by atoms with Crippen molar-refractivity contribution in [2.75, 3.05) is 0 Å². The Kier molecular flexibility index (Phi) is 1.94. The number of hydrogen-bond acceptors (Lipinski definition) is 3. The molecule has 0 aliphatic rings. The molecule has 1 aromatic carbocycles. The summed E-state index contributed by atoms with van der Waals surface area (Å²) >= 11 is 1.40. The average Bonchev–Trinajstić information content (AvgIpc) is 2.82. The Hall–Kier alpha value is -1.88. The molecular formula is C11H8N2O2S. The zero-order valence-corrected chi connectivity index (χ0v) is 9.07. The third-order valence-corrected chi connectivity index (χ3v) is 3.40. The lowest BCUT2D eigenvalue weighted by Crippen LogP contribution is -2.07. The molecule has 3 rings (SSSR count). The number of hydrogen-bond donors (Lipinski definition) is 1. The van der Waals surface area contributed by atoms with Crippen LogP contribution in [0.1, 0.15) is 0 Å². The zero-order chi connectivity index (χ0) is 11.1. The molecule has 0 atom stereocenters. The SMILES string of the molecule is O=C(O)Cn1c2ccccc2c2sncc21. The molecule has 0 aliphatic heterocycles. The Labute approximate surface area is 94.9 Å². The summed E-state index contributed by atoms with van der Waals surface area (Å²) in [6.07, 6.45) is 1.73. The summed E-state index contributed by atoms with van der Waals surface area (Å²) in [5, 5.41) is 9.97. The van der Waals surface area contributed by atoms with Gasteiger partial charge in [0.05, 0.1) is 21.9 Å². The monoisotopic (exact) mass is 232 g/mol. The van der Waals surface area contributed by atoms with Crippen LogP contribution in [0.5, 0.6) is 0 Å². The molecule has 0 radical (unpaired) electrons. The highest BCUT2D eigenvalue weighted by molar-refractivity contribution is 7.14. The standard InChI is InChI=1S/C11H8N2O2S/c14-10(15)6-13-8-4-2-1-3-7(8)11-9(13)5-12-16-11/h1-5H,6H2,(H,14,15). The van der Waals surface area contributed by atoms with E-state index in [9.17, 15) is 4.79 Å². The predicted octanol–water partition coefficient (Wildman–Crippen LogP) is 2.34. The quantitative estimate of drug-likeness (QED) is 0.737. The summed E-state index contributed by atoms with van der Waals surface area (Å²) in [5.41, 5.74) is 1.85. The second-order valence-corrected chi connectivity index (χ2v) is 4.34. The Morgan fingerprint density at radius 1 is 1.38 bits per heavy atom. The van der Waals surface area contributed by atoms with E-state index in [1.54, 1.807) is 10.8 Å². The van der Waals surface area contributed by atoms with Crippen molar-refractivity contribution in [1.29, 1.82) is 0 Å². The van der Waals surface area contributed by atoms with E-state index in [4.69, 9.17) is 5.11 Å². The van der Waals surface area contributed by atoms with E-state index in [2.05, 4.69) is 4.37 Å². The number of fused-ring (bicyclic) bond motifs is 3. The van der Waals surface area contributed by atoms with Crippen LogP contribution in [-0.4, -0.2) is 20.0 Å². The third kappa shape index (κ3) is 1.22. The minimum absolute atomic E-state index is 0.0254. The molecule has 1 N–H and O–H groups in total. The molecule has 0 bridgehead atoms. The summed E-state index contributed by atoms with van der Waals surface area (Å²) in [4.78, 5) is 10.8. The van der Waals surface area contributed by atoms with Gasteiger partial charge in [-0.3, -0.25) is 4.79 Å². The highest BCUT2D eigenvalue weighted by atomic mass is 32.1. The first-order valence-electron chi connectivity index (χ1n) is 4.81. The number of aromatic nitrogens is 2. The zero-order valence-electron chi connectivity index (χ0n) is 8.25. The molecule has 3 aromatic rings. The van der Waals surface area contributed by atoms with Gasteiger partial charge in [0.1, 0.15) is 6.54 Å². The summed E-state index contributed by atoms with van der Waals surface area (Å²) in [6, 6.07) is 7.80. The summed E-state index contributed by atoms with van der Waals surface area (Å²) < 4.78 is 6.95. The molecule has 5 heteroatoms. The van der Waals surface area contributed by atoms with Crippen LogP contribution < -0.4 is 0 Å². The molecule has 0 amide bonds. The van der Waals surface area contributed by atoms with Crippen LogP contribution in [-0.2, 0) is 11.3 Å². The Morgan fingerprint density at radius 2 is 2.19 bits per heavy atom. The number of nitrogens with zero attached hydrogens (tertiary/aromatic N) is 2. The predicted molar refractivity (Wildman–Crippen MR) is 62.8 cm³/mol. The normalized spacial score (nSPS) is 11.2. The lowest BCUT2D eigenvalue weighted by molar-refractivity contribution is -0.137. The van der Waals surface area contributed by atoms with Crippen LogP contribution in [0.3, 0.4) is 0 Å². The fourth-order valence-corrected chi connectivity index (χ4v) is 2.74. The van der Waals surface area contributed by atoms with Crippen LogP contribution in [0.25, 0.3) is 21.1 Å². The summed E-state index contributed by atoms with van der Waals surface area (Å²) in [7, 11) is 0. The molecule has 0 fully saturated rings. The van der Waals surface area contributed by atoms with Gasteiger partial charge < -0.3 is 9.67 Å². The topological polar surface area (TPSA) is 55.1 Å². The number of aliphatic carboxylic acids is 1. The average molecular weight is 232 g/mol. The summed E-state index contributed by atoms with van der Waals surface area (Å²) in [5.74, 6) is -0.839. The lowest BCUT2D eigenvalue weighted by Gasteiger charge is -2.01. The molecule has 2 heterocycles. The van der Waals surface area contributed by atoms with Gasteiger partial charge in [-0.2, -0.15) is 4.37 Å². The van der Waals surface area contributed by atoms with Gasteiger partial charge in [0.15, 0.2) is 0 Å². The van der Waals surface area contributed by atoms with E-state index >= 15 is 0 Å². The van der Waals surface area contributed by atoms with Crippen molar-refractivity contribution in [2.24, 2.45) is 0 Å². The van der Waals surface area contributed by atoms with Crippen molar-refractivity contribution in [3.63, 3.8) is 0 Å². The number of para-hydroxylation sites is 1. The van der Waals surface area contributed by atoms with Crippen LogP contribution in [0.2, 0.25) is 0 Å². The Bertz CT molecular complexity index is 683. The van der Waals surface area contributed by atoms with Crippen LogP contribution in [0.4, 0.5) is 0 Å². The number of carbonyl (C=O) groups is 1. The van der Waals surface area contributed by atoms with Gasteiger partial charge in [0, 0.05) is 5.39 Å². The van der Waals surface area contributed by atoms with Crippen molar-refractivity contribution in [1.82, 2.24) is 8.94 Å². The first kappa shape index (κ1) is 9.35. The maximum atomic E-state index is 10.8. The van der Waals surface area contributed by atoms with Crippen molar-refractivity contribution in [3.05, 3.63) is 30.5 Å². The second kappa shape index (κ2) is 3.31. The van der Waals surface area contributed by atoms with Crippen LogP contribution in [0.15, 0.2) is 30.5 Å². The molecule has 0 saturated heterocycles. The fraction of sp³-hybridized carbons (Fsp3) is 0.0909. The van der Waals surface area contributed by atoms with E-state index in [0.717, 1.165) is 21.1 Å². The molecule has 16 heavy (non-hydrogen) atoms. The van der Waals surface area contributed by atoms with E-state index in [1.165, 1.54) is 11.5 Å². The largest absolute Gasteiger partial charge is 0.480 e. The van der Waals surface area contributed by atoms with Crippen molar-refractivity contribution >= 4 is 38.6 Å². The van der Waals surface area contributed by atoms with Crippen molar-refractivity contribution < 1.29 is 9.90 Å². The maximum Gasteiger partial charge on any atom is 0.323 e. The molecule has 0 aliphatic carbocycles.